The van der Waals surface area contributed by atoms with Crippen LogP contribution in [0, 0.1) is 0 Å². The van der Waals surface area contributed by atoms with E-state index in [1.54, 1.807) is 24.5 Å². The third-order valence-corrected chi connectivity index (χ3v) is 5.33. The topological polar surface area (TPSA) is 101 Å². The minimum absolute atomic E-state index is 0.00720. The molecular formula is C17H19N3O4S2. The van der Waals surface area contributed by atoms with Gasteiger partial charge in [-0.25, -0.2) is 13.4 Å². The summed E-state index contributed by atoms with van der Waals surface area (Å²) in [5.41, 5.74) is 1.15. The molecule has 2 heterocycles. The second-order valence-corrected chi connectivity index (χ2v) is 8.85. The molecule has 0 spiro atoms. The lowest BCUT2D eigenvalue weighted by molar-refractivity contribution is 0.0938. The molecule has 2 aromatic heterocycles. The van der Waals surface area contributed by atoms with E-state index in [2.05, 4.69) is 15.0 Å². The summed E-state index contributed by atoms with van der Waals surface area (Å²) in [6.45, 7) is 1.94. The number of aryl methyl sites for hydroxylation is 1. The first-order valence-corrected chi connectivity index (χ1v) is 10.7. The zero-order valence-electron chi connectivity index (χ0n) is 14.4. The van der Waals surface area contributed by atoms with Crippen LogP contribution in [0.2, 0.25) is 0 Å². The van der Waals surface area contributed by atoms with Gasteiger partial charge in [0.15, 0.2) is 5.13 Å². The largest absolute Gasteiger partial charge is 0.469 e. The molecule has 0 unspecified atom stereocenters. The van der Waals surface area contributed by atoms with Gasteiger partial charge in [-0.1, -0.05) is 11.3 Å². The van der Waals surface area contributed by atoms with Crippen molar-refractivity contribution in [3.05, 3.63) is 47.9 Å². The van der Waals surface area contributed by atoms with Crippen LogP contribution in [-0.2, 0) is 16.4 Å². The average Bonchev–Trinajstić information content (AvgIpc) is 3.19. The van der Waals surface area contributed by atoms with Crippen LogP contribution < -0.4 is 10.0 Å². The molecule has 0 saturated carbocycles. The lowest BCUT2D eigenvalue weighted by atomic mass is 10.1. The maximum absolute atomic E-state index is 12.4. The molecule has 1 amide bonds. The number of nitrogens with one attached hydrogen (secondary N) is 2. The summed E-state index contributed by atoms with van der Waals surface area (Å²) in [4.78, 5) is 16.6. The van der Waals surface area contributed by atoms with Crippen molar-refractivity contribution < 1.29 is 17.6 Å². The molecule has 9 heteroatoms. The second kappa shape index (κ2) is 7.46. The first-order valence-electron chi connectivity index (χ1n) is 8.02. The van der Waals surface area contributed by atoms with Crippen molar-refractivity contribution in [1.29, 1.82) is 0 Å². The summed E-state index contributed by atoms with van der Waals surface area (Å²) in [5, 5.41) is 3.24. The molecule has 3 rings (SSSR count). The second-order valence-electron chi connectivity index (χ2n) is 6.07. The van der Waals surface area contributed by atoms with Gasteiger partial charge in [-0.3, -0.25) is 9.52 Å². The summed E-state index contributed by atoms with van der Waals surface area (Å²) in [6, 6.07) is 8.86. The fourth-order valence-corrected chi connectivity index (χ4v) is 4.20. The molecule has 1 atom stereocenters. The van der Waals surface area contributed by atoms with Gasteiger partial charge in [0.2, 0.25) is 10.0 Å². The number of thiazole rings is 1. The van der Waals surface area contributed by atoms with Gasteiger partial charge in [-0.05, 0) is 43.7 Å². The number of carbonyl (C=O) groups is 1. The van der Waals surface area contributed by atoms with Crippen LogP contribution in [0.3, 0.4) is 0 Å². The zero-order valence-corrected chi connectivity index (χ0v) is 16.0. The molecule has 138 valence electrons. The number of hydrogen-bond acceptors (Lipinski definition) is 6. The van der Waals surface area contributed by atoms with E-state index in [1.165, 1.54) is 11.3 Å². The summed E-state index contributed by atoms with van der Waals surface area (Å²) in [7, 11) is -3.38. The molecule has 3 aromatic rings. The molecule has 7 nitrogen and oxygen atoms in total. The Labute approximate surface area is 155 Å². The highest BCUT2D eigenvalue weighted by Crippen LogP contribution is 2.27. The van der Waals surface area contributed by atoms with Crippen molar-refractivity contribution in [2.45, 2.75) is 25.8 Å². The quantitative estimate of drug-likeness (QED) is 0.642. The maximum atomic E-state index is 12.4. The van der Waals surface area contributed by atoms with E-state index >= 15 is 0 Å². The fourth-order valence-electron chi connectivity index (χ4n) is 2.46. The monoisotopic (exact) mass is 393 g/mol. The number of amides is 1. The Morgan fingerprint density at radius 2 is 2.15 bits per heavy atom. The van der Waals surface area contributed by atoms with E-state index in [4.69, 9.17) is 4.42 Å². The third kappa shape index (κ3) is 4.83. The van der Waals surface area contributed by atoms with Crippen LogP contribution in [0.5, 0.6) is 0 Å². The molecule has 26 heavy (non-hydrogen) atoms. The first-order chi connectivity index (χ1) is 12.3. The zero-order chi connectivity index (χ0) is 18.7. The normalized spacial score (nSPS) is 12.8. The number of aromatic nitrogens is 1. The SMILES string of the molecule is C[C@@H](CCc1ccco1)NC(=O)c1ccc2nc(NS(C)(=O)=O)sc2c1. The van der Waals surface area contributed by atoms with Crippen molar-refractivity contribution in [3.8, 4) is 0 Å². The van der Waals surface area contributed by atoms with E-state index in [0.29, 0.717) is 11.1 Å². The molecule has 0 aliphatic carbocycles. The van der Waals surface area contributed by atoms with Gasteiger partial charge >= 0.3 is 0 Å². The van der Waals surface area contributed by atoms with Crippen LogP contribution in [0.1, 0.15) is 29.5 Å². The predicted molar refractivity (Wildman–Crippen MR) is 102 cm³/mol. The standard InChI is InChI=1S/C17H19N3O4S2/c1-11(5-7-13-4-3-9-24-13)18-16(21)12-6-8-14-15(10-12)25-17(19-14)20-26(2,22)23/h3-4,6,8-11H,5,7H2,1-2H3,(H,18,21)(H,19,20)/t11-/m0/s1. The molecule has 0 aliphatic rings. The van der Waals surface area contributed by atoms with Crippen molar-refractivity contribution in [2.24, 2.45) is 0 Å². The number of rotatable bonds is 7. The highest BCUT2D eigenvalue weighted by molar-refractivity contribution is 7.92. The highest BCUT2D eigenvalue weighted by atomic mass is 32.2. The first kappa shape index (κ1) is 18.4. The Kier molecular flexibility index (Phi) is 5.28. The van der Waals surface area contributed by atoms with Gasteiger partial charge in [0.05, 0.1) is 22.7 Å². The third-order valence-electron chi connectivity index (χ3n) is 3.70. The number of fused-ring (bicyclic) bond motifs is 1. The Morgan fingerprint density at radius 1 is 1.35 bits per heavy atom. The average molecular weight is 393 g/mol. The Hall–Kier alpha value is -2.39. The van der Waals surface area contributed by atoms with Gasteiger partial charge < -0.3 is 9.73 Å². The van der Waals surface area contributed by atoms with E-state index in [0.717, 1.165) is 29.6 Å². The summed E-state index contributed by atoms with van der Waals surface area (Å²) < 4.78 is 31.0. The number of nitrogens with zero attached hydrogens (tertiary/aromatic N) is 1. The van der Waals surface area contributed by atoms with Crippen LogP contribution in [-0.4, -0.2) is 31.6 Å². The molecule has 1 aromatic carbocycles. The number of sulfonamides is 1. The van der Waals surface area contributed by atoms with E-state index in [1.807, 2.05) is 19.1 Å². The Balaban J connectivity index is 1.65. The number of anilines is 1. The molecule has 2 N–H and O–H groups in total. The van der Waals surface area contributed by atoms with Crippen molar-refractivity contribution >= 4 is 42.6 Å². The van der Waals surface area contributed by atoms with Crippen molar-refractivity contribution in [3.63, 3.8) is 0 Å². The number of hydrogen-bond donors (Lipinski definition) is 2. The van der Waals surface area contributed by atoms with E-state index < -0.39 is 10.0 Å². The fraction of sp³-hybridized carbons (Fsp3) is 0.294. The van der Waals surface area contributed by atoms with Crippen LogP contribution >= 0.6 is 11.3 Å². The number of benzene rings is 1. The maximum Gasteiger partial charge on any atom is 0.251 e. The Morgan fingerprint density at radius 3 is 2.85 bits per heavy atom. The summed E-state index contributed by atoms with van der Waals surface area (Å²) >= 11 is 1.19. The lowest BCUT2D eigenvalue weighted by Crippen LogP contribution is -2.32. The summed E-state index contributed by atoms with van der Waals surface area (Å²) in [6.07, 6.45) is 4.23. The van der Waals surface area contributed by atoms with Crippen molar-refractivity contribution in [2.75, 3.05) is 11.0 Å². The van der Waals surface area contributed by atoms with Crippen LogP contribution in [0.4, 0.5) is 5.13 Å². The Bertz CT molecular complexity index is 1010. The minimum Gasteiger partial charge on any atom is -0.469 e. The molecule has 0 radical (unpaired) electrons. The van der Waals surface area contributed by atoms with Crippen molar-refractivity contribution in [1.82, 2.24) is 10.3 Å². The van der Waals surface area contributed by atoms with Gasteiger partial charge in [0.25, 0.3) is 5.91 Å². The van der Waals surface area contributed by atoms with Crippen LogP contribution in [0.15, 0.2) is 41.0 Å². The van der Waals surface area contributed by atoms with Gasteiger partial charge in [-0.15, -0.1) is 0 Å². The molecule has 0 fully saturated rings. The highest BCUT2D eigenvalue weighted by Gasteiger charge is 2.13. The lowest BCUT2D eigenvalue weighted by Gasteiger charge is -2.13. The predicted octanol–water partition coefficient (Wildman–Crippen LogP) is 3.01. The molecule has 0 aliphatic heterocycles. The van der Waals surface area contributed by atoms with E-state index in [-0.39, 0.29) is 17.1 Å². The van der Waals surface area contributed by atoms with Gasteiger partial charge in [-0.2, -0.15) is 0 Å². The smallest absolute Gasteiger partial charge is 0.251 e. The van der Waals surface area contributed by atoms with E-state index in [9.17, 15) is 13.2 Å². The van der Waals surface area contributed by atoms with Gasteiger partial charge in [0.1, 0.15) is 5.76 Å². The minimum atomic E-state index is -3.38. The number of furan rings is 1. The molecular weight excluding hydrogens is 374 g/mol. The molecule has 0 bridgehead atoms. The van der Waals surface area contributed by atoms with Crippen LogP contribution in [0.25, 0.3) is 10.2 Å². The van der Waals surface area contributed by atoms with Gasteiger partial charge in [0, 0.05) is 18.0 Å². The summed E-state index contributed by atoms with van der Waals surface area (Å²) in [5.74, 6) is 0.716. The number of carbonyl (C=O) groups excluding carboxylic acids is 1. The molecule has 0 saturated heterocycles.